The van der Waals surface area contributed by atoms with Gasteiger partial charge in [0.2, 0.25) is 11.8 Å². The lowest BCUT2D eigenvalue weighted by molar-refractivity contribution is -0.220. The molecule has 1 atom stereocenters. The van der Waals surface area contributed by atoms with E-state index in [-0.39, 0.29) is 48.0 Å². The molecule has 2 aromatic heterocycles. The van der Waals surface area contributed by atoms with Gasteiger partial charge in [-0.3, -0.25) is 24.5 Å². The normalized spacial score (nSPS) is 21.6. The number of hydrogen-bond acceptors (Lipinski definition) is 9. The fraction of sp³-hybridized carbons (Fsp3) is 0.476. The molecule has 2 aromatic carbocycles. The molecular formula is C42H48ClF2N9O4. The Morgan fingerprint density at radius 3 is 2.34 bits per heavy atom. The number of piperidine rings is 3. The maximum Gasteiger partial charge on any atom is 0.273 e. The average Bonchev–Trinajstić information content (AvgIpc) is 4.03. The summed E-state index contributed by atoms with van der Waals surface area (Å²) in [5, 5.41) is 10.3. The Morgan fingerprint density at radius 1 is 0.983 bits per heavy atom. The number of nitrogens with zero attached hydrogens (tertiary/aromatic N) is 6. The summed E-state index contributed by atoms with van der Waals surface area (Å²) in [5.41, 5.74) is 9.06. The number of nitrogens with two attached hydrogens (primary N) is 1. The number of rotatable bonds is 8. The molecule has 4 aromatic rings. The van der Waals surface area contributed by atoms with Crippen LogP contribution in [0.3, 0.4) is 0 Å². The Balaban J connectivity index is 0.00000150. The summed E-state index contributed by atoms with van der Waals surface area (Å²) < 4.78 is 33.2. The number of benzene rings is 2. The van der Waals surface area contributed by atoms with Gasteiger partial charge in [0.15, 0.2) is 5.65 Å². The summed E-state index contributed by atoms with van der Waals surface area (Å²) >= 11 is 6.37. The molecule has 4 amide bonds. The molecule has 1 aliphatic carbocycles. The van der Waals surface area contributed by atoms with E-state index in [0.717, 1.165) is 49.4 Å². The first-order valence-corrected chi connectivity index (χ1v) is 20.5. The lowest BCUT2D eigenvalue weighted by Gasteiger charge is -2.58. The number of nitrogens with one attached hydrogen (secondary N) is 2. The van der Waals surface area contributed by atoms with Crippen molar-refractivity contribution in [3.05, 3.63) is 76.6 Å². The van der Waals surface area contributed by atoms with Crippen LogP contribution in [0.15, 0.2) is 54.7 Å². The van der Waals surface area contributed by atoms with Crippen LogP contribution in [0.25, 0.3) is 16.9 Å². The number of aromatic nitrogens is 3. The Morgan fingerprint density at radius 2 is 1.71 bits per heavy atom. The van der Waals surface area contributed by atoms with E-state index >= 15 is 8.78 Å². The number of hydrogen-bond donors (Lipinski definition) is 3. The standard InChI is InChI=1S/C39H42ClF2N9O4.C3H6/c1-44-31-17-30(47-51-32(34(43)53)18-45-35(31)51)24-2-5-26(6-3-24)49-13-10-23(11-14-49)19-48-20-38(21-48)12-15-50(22-39(38,41)42)37(55)25-4-8-29(40)28(16-25)27-7-9-33(52)46-36(27)54;1-2-3-1/h2-6,8,16-18,23,27,44H,7,9-15,19-22H2,1H3,(H2,43,53)(H,46,52,54);1-3H2. The number of fused-ring (bicyclic) bond motifs is 1. The summed E-state index contributed by atoms with van der Waals surface area (Å²) in [6.07, 6.45) is 8.44. The van der Waals surface area contributed by atoms with Gasteiger partial charge in [-0.25, -0.2) is 18.3 Å². The van der Waals surface area contributed by atoms with Gasteiger partial charge in [-0.2, -0.15) is 5.10 Å². The molecule has 4 aliphatic heterocycles. The molecule has 1 spiro atoms. The van der Waals surface area contributed by atoms with Crippen LogP contribution in [0.4, 0.5) is 20.2 Å². The molecule has 1 saturated carbocycles. The van der Waals surface area contributed by atoms with E-state index in [9.17, 15) is 19.2 Å². The van der Waals surface area contributed by atoms with E-state index in [2.05, 4.69) is 42.6 Å². The SMILES string of the molecule is C1CC1.CNc1cc(-c2ccc(N3CCC(CN4CC5(CCN(C(=O)c6ccc(Cl)c(C7CCC(=O)NC7=O)c6)CC5(F)F)C4)CC3)cc2)nn2c(C(N)=O)cnc12. The zero-order valence-corrected chi connectivity index (χ0v) is 33.2. The molecule has 16 heteroatoms. The van der Waals surface area contributed by atoms with Gasteiger partial charge in [-0.15, -0.1) is 0 Å². The number of alkyl halides is 2. The summed E-state index contributed by atoms with van der Waals surface area (Å²) in [6, 6.07) is 14.5. The largest absolute Gasteiger partial charge is 0.385 e. The first-order valence-electron chi connectivity index (χ1n) is 20.1. The van der Waals surface area contributed by atoms with E-state index in [1.807, 2.05) is 18.2 Å². The van der Waals surface area contributed by atoms with Gasteiger partial charge in [0.05, 0.1) is 35.5 Å². The van der Waals surface area contributed by atoms with Crippen molar-refractivity contribution >= 4 is 52.3 Å². The van der Waals surface area contributed by atoms with E-state index in [1.54, 1.807) is 7.05 Å². The number of halogens is 3. The highest BCUT2D eigenvalue weighted by Crippen LogP contribution is 2.50. The minimum atomic E-state index is -3.05. The molecule has 9 rings (SSSR count). The fourth-order valence-electron chi connectivity index (χ4n) is 8.68. The smallest absolute Gasteiger partial charge is 0.273 e. The second-order valence-corrected chi connectivity index (χ2v) is 16.8. The van der Waals surface area contributed by atoms with Gasteiger partial charge < -0.3 is 25.8 Å². The van der Waals surface area contributed by atoms with Gasteiger partial charge in [0, 0.05) is 74.6 Å². The zero-order chi connectivity index (χ0) is 40.8. The Labute approximate surface area is 340 Å². The van der Waals surface area contributed by atoms with Gasteiger partial charge >= 0.3 is 0 Å². The molecule has 5 aliphatic rings. The Bertz CT molecular complexity index is 2230. The molecule has 306 valence electrons. The van der Waals surface area contributed by atoms with E-state index < -0.39 is 41.5 Å². The van der Waals surface area contributed by atoms with Gasteiger partial charge in [0.25, 0.3) is 17.7 Å². The first kappa shape index (κ1) is 39.7. The van der Waals surface area contributed by atoms with E-state index in [4.69, 9.17) is 17.3 Å². The van der Waals surface area contributed by atoms with E-state index in [1.165, 1.54) is 53.1 Å². The van der Waals surface area contributed by atoms with Crippen molar-refractivity contribution in [3.8, 4) is 11.3 Å². The number of anilines is 2. The number of carbonyl (C=O) groups excluding carboxylic acids is 4. The molecular weight excluding hydrogens is 768 g/mol. The third-order valence-electron chi connectivity index (χ3n) is 12.2. The second kappa shape index (κ2) is 15.9. The van der Waals surface area contributed by atoms with Gasteiger partial charge in [-0.1, -0.05) is 43.0 Å². The predicted molar refractivity (Wildman–Crippen MR) is 216 cm³/mol. The number of carbonyl (C=O) groups is 4. The van der Waals surface area contributed by atoms with Gasteiger partial charge in [-0.05, 0) is 73.6 Å². The zero-order valence-electron chi connectivity index (χ0n) is 32.5. The molecule has 0 radical (unpaired) electrons. The minimum Gasteiger partial charge on any atom is -0.385 e. The molecule has 5 fully saturated rings. The number of imidazole rings is 1. The van der Waals surface area contributed by atoms with Crippen LogP contribution in [-0.4, -0.2) is 107 Å². The van der Waals surface area contributed by atoms with Crippen LogP contribution >= 0.6 is 11.6 Å². The summed E-state index contributed by atoms with van der Waals surface area (Å²) in [4.78, 5) is 59.4. The molecule has 6 heterocycles. The third-order valence-corrected chi connectivity index (χ3v) is 12.6. The lowest BCUT2D eigenvalue weighted by atomic mass is 9.68. The van der Waals surface area contributed by atoms with Crippen molar-refractivity contribution in [2.75, 3.05) is 63.1 Å². The highest BCUT2D eigenvalue weighted by Gasteiger charge is 2.63. The van der Waals surface area contributed by atoms with Crippen molar-refractivity contribution in [2.24, 2.45) is 17.1 Å². The molecule has 4 saturated heterocycles. The van der Waals surface area contributed by atoms with Crippen molar-refractivity contribution in [1.82, 2.24) is 29.7 Å². The number of likely N-dealkylation sites (tertiary alicyclic amines) is 2. The molecule has 0 bridgehead atoms. The topological polar surface area (TPSA) is 158 Å². The average molecular weight is 816 g/mol. The van der Waals surface area contributed by atoms with Crippen molar-refractivity contribution < 1.29 is 28.0 Å². The molecule has 58 heavy (non-hydrogen) atoms. The predicted octanol–water partition coefficient (Wildman–Crippen LogP) is 5.58. The molecule has 4 N–H and O–H groups in total. The Hall–Kier alpha value is -5.15. The maximum absolute atomic E-state index is 15.9. The van der Waals surface area contributed by atoms with Crippen molar-refractivity contribution in [3.63, 3.8) is 0 Å². The van der Waals surface area contributed by atoms with Crippen LogP contribution in [0.2, 0.25) is 5.02 Å². The number of imide groups is 1. The third kappa shape index (κ3) is 7.85. The molecule has 1 unspecified atom stereocenters. The summed E-state index contributed by atoms with van der Waals surface area (Å²) in [6.45, 7) is 2.65. The maximum atomic E-state index is 15.9. The van der Waals surface area contributed by atoms with Crippen LogP contribution in [-0.2, 0) is 9.59 Å². The quantitative estimate of drug-likeness (QED) is 0.193. The Kier molecular flexibility index (Phi) is 10.9. The van der Waals surface area contributed by atoms with Crippen LogP contribution in [0.1, 0.15) is 83.7 Å². The van der Waals surface area contributed by atoms with Crippen LogP contribution in [0.5, 0.6) is 0 Å². The number of amides is 4. The monoisotopic (exact) mass is 815 g/mol. The minimum absolute atomic E-state index is 0.156. The van der Waals surface area contributed by atoms with Crippen molar-refractivity contribution in [2.45, 2.75) is 63.2 Å². The molecule has 13 nitrogen and oxygen atoms in total. The van der Waals surface area contributed by atoms with E-state index in [0.29, 0.717) is 35.9 Å². The fourth-order valence-corrected chi connectivity index (χ4v) is 8.93. The van der Waals surface area contributed by atoms with Crippen molar-refractivity contribution in [1.29, 1.82) is 0 Å². The lowest BCUT2D eigenvalue weighted by Crippen LogP contribution is -2.70. The second-order valence-electron chi connectivity index (χ2n) is 16.3. The first-order chi connectivity index (χ1) is 27.8. The van der Waals surface area contributed by atoms with Gasteiger partial charge in [0.1, 0.15) is 5.69 Å². The summed E-state index contributed by atoms with van der Waals surface area (Å²) in [5.74, 6) is -5.31. The highest BCUT2D eigenvalue weighted by molar-refractivity contribution is 6.32. The van der Waals surface area contributed by atoms with Crippen LogP contribution in [0, 0.1) is 11.3 Å². The number of primary amides is 1. The summed E-state index contributed by atoms with van der Waals surface area (Å²) in [7, 11) is 1.78. The van der Waals surface area contributed by atoms with Crippen LogP contribution < -0.4 is 21.3 Å². The highest BCUT2D eigenvalue weighted by atomic mass is 35.5.